The second-order valence-corrected chi connectivity index (χ2v) is 7.81. The van der Waals surface area contributed by atoms with Crippen LogP contribution in [0.3, 0.4) is 0 Å². The van der Waals surface area contributed by atoms with Crippen LogP contribution in [0.25, 0.3) is 0 Å². The summed E-state index contributed by atoms with van der Waals surface area (Å²) >= 11 is 0. The summed E-state index contributed by atoms with van der Waals surface area (Å²) in [5.74, 6) is 0. The third kappa shape index (κ3) is 3.49. The van der Waals surface area contributed by atoms with E-state index in [1.54, 1.807) is 12.1 Å². The summed E-state index contributed by atoms with van der Waals surface area (Å²) in [6.45, 7) is 5.82. The number of rotatable bonds is 5. The number of aryl methyl sites for hydroxylation is 1. The van der Waals surface area contributed by atoms with Crippen LogP contribution in [-0.4, -0.2) is 36.5 Å². The quantitative estimate of drug-likeness (QED) is 0.757. The van der Waals surface area contributed by atoms with Crippen molar-refractivity contribution in [1.82, 2.24) is 9.42 Å². The number of sulfonamides is 1. The van der Waals surface area contributed by atoms with E-state index in [1.165, 1.54) is 18.2 Å². The van der Waals surface area contributed by atoms with Gasteiger partial charge < -0.3 is 4.74 Å². The first-order valence-corrected chi connectivity index (χ1v) is 9.59. The van der Waals surface area contributed by atoms with Crippen LogP contribution in [0.5, 0.6) is 0 Å². The molecule has 2 aromatic rings. The van der Waals surface area contributed by atoms with E-state index < -0.39 is 22.2 Å². The van der Waals surface area contributed by atoms with Crippen molar-refractivity contribution in [2.24, 2.45) is 0 Å². The van der Waals surface area contributed by atoms with Crippen LogP contribution in [-0.2, 0) is 21.4 Å². The molecule has 0 unspecified atom stereocenters. The minimum atomic E-state index is -3.87. The van der Waals surface area contributed by atoms with Gasteiger partial charge in [-0.1, -0.05) is 58.5 Å². The van der Waals surface area contributed by atoms with Crippen molar-refractivity contribution in [3.05, 3.63) is 78.4 Å². The lowest BCUT2D eigenvalue weighted by atomic mass is 10.2. The topological polar surface area (TPSA) is 66.9 Å². The highest BCUT2D eigenvalue weighted by atomic mass is 32.2. The number of hydrogen-bond donors (Lipinski definition) is 0. The molecule has 26 heavy (non-hydrogen) atoms. The van der Waals surface area contributed by atoms with Crippen LogP contribution in [0.15, 0.2) is 72.1 Å². The molecule has 6 nitrogen and oxygen atoms in total. The Balaban J connectivity index is 1.76. The minimum absolute atomic E-state index is 0.0767. The third-order valence-corrected chi connectivity index (χ3v) is 5.96. The Morgan fingerprint density at radius 2 is 1.85 bits per heavy atom. The van der Waals surface area contributed by atoms with Crippen molar-refractivity contribution >= 4 is 16.1 Å². The largest absolute Gasteiger partial charge is 0.444 e. The van der Waals surface area contributed by atoms with Crippen LogP contribution in [0.4, 0.5) is 4.79 Å². The van der Waals surface area contributed by atoms with Gasteiger partial charge in [-0.25, -0.2) is 18.2 Å². The second kappa shape index (κ2) is 7.31. The smallest absolute Gasteiger partial charge is 0.425 e. The zero-order valence-corrected chi connectivity index (χ0v) is 15.2. The molecule has 0 radical (unpaired) electrons. The number of benzene rings is 2. The summed E-state index contributed by atoms with van der Waals surface area (Å²) in [5.41, 5.74) is 1.78. The van der Waals surface area contributed by atoms with Crippen LogP contribution < -0.4 is 0 Å². The summed E-state index contributed by atoms with van der Waals surface area (Å²) in [7, 11) is -3.87. The number of nitrogens with zero attached hydrogens (tertiary/aromatic N) is 2. The number of hydrogen-bond acceptors (Lipinski definition) is 4. The molecule has 1 atom stereocenters. The molecular weight excluding hydrogens is 352 g/mol. The minimum Gasteiger partial charge on any atom is -0.444 e. The fourth-order valence-corrected chi connectivity index (χ4v) is 4.25. The molecule has 1 aliphatic rings. The van der Waals surface area contributed by atoms with Gasteiger partial charge >= 0.3 is 6.09 Å². The third-order valence-electron chi connectivity index (χ3n) is 4.13. The zero-order valence-electron chi connectivity index (χ0n) is 14.4. The van der Waals surface area contributed by atoms with Crippen molar-refractivity contribution in [3.63, 3.8) is 0 Å². The molecule has 0 aromatic heterocycles. The van der Waals surface area contributed by atoms with Crippen molar-refractivity contribution in [2.75, 3.05) is 6.54 Å². The Kier molecular flexibility index (Phi) is 5.11. The molecule has 0 aliphatic carbocycles. The molecule has 3 rings (SSSR count). The molecule has 7 heteroatoms. The van der Waals surface area contributed by atoms with Crippen molar-refractivity contribution in [2.45, 2.75) is 24.5 Å². The van der Waals surface area contributed by atoms with E-state index in [9.17, 15) is 13.2 Å². The molecule has 0 bridgehead atoms. The van der Waals surface area contributed by atoms with E-state index in [2.05, 4.69) is 6.58 Å². The Morgan fingerprint density at radius 1 is 1.19 bits per heavy atom. The first kappa shape index (κ1) is 18.2. The van der Waals surface area contributed by atoms with E-state index in [0.717, 1.165) is 20.6 Å². The van der Waals surface area contributed by atoms with E-state index >= 15 is 0 Å². The molecule has 0 N–H and O–H groups in total. The Bertz CT molecular complexity index is 895. The standard InChI is InChI=1S/C19H20N2O4S/c1-3-17-13-20(19(22)25-14-16-7-5-4-6-8-16)21(17)26(23,24)18-11-9-15(2)10-12-18/h3-12,17H,1,13-14H2,2H3/t17-/m1/s1. The van der Waals surface area contributed by atoms with Gasteiger partial charge in [-0.3, -0.25) is 0 Å². The van der Waals surface area contributed by atoms with Crippen LogP contribution >= 0.6 is 0 Å². The first-order chi connectivity index (χ1) is 12.4. The fraction of sp³-hybridized carbons (Fsp3) is 0.211. The summed E-state index contributed by atoms with van der Waals surface area (Å²) in [6.07, 6.45) is 0.801. The van der Waals surface area contributed by atoms with Crippen molar-refractivity contribution in [3.8, 4) is 0 Å². The fourth-order valence-electron chi connectivity index (χ4n) is 2.65. The van der Waals surface area contributed by atoms with Crippen LogP contribution in [0.1, 0.15) is 11.1 Å². The molecule has 0 saturated carbocycles. The summed E-state index contributed by atoms with van der Waals surface area (Å²) in [6, 6.07) is 15.2. The maximum atomic E-state index is 12.9. The predicted octanol–water partition coefficient (Wildman–Crippen LogP) is 3.11. The molecule has 0 spiro atoms. The van der Waals surface area contributed by atoms with Gasteiger partial charge in [-0.05, 0) is 24.6 Å². The molecule has 1 fully saturated rings. The molecule has 1 heterocycles. The lowest BCUT2D eigenvalue weighted by Crippen LogP contribution is -2.67. The van der Waals surface area contributed by atoms with Gasteiger partial charge in [-0.15, -0.1) is 6.58 Å². The van der Waals surface area contributed by atoms with Crippen molar-refractivity contribution < 1.29 is 17.9 Å². The van der Waals surface area contributed by atoms with Gasteiger partial charge in [-0.2, -0.15) is 0 Å². The number of carbonyl (C=O) groups excluding carboxylic acids is 1. The van der Waals surface area contributed by atoms with Gasteiger partial charge in [0.15, 0.2) is 0 Å². The van der Waals surface area contributed by atoms with E-state index in [1.807, 2.05) is 37.3 Å². The van der Waals surface area contributed by atoms with E-state index in [4.69, 9.17) is 4.74 Å². The number of ether oxygens (including phenoxy) is 1. The van der Waals surface area contributed by atoms with Crippen LogP contribution in [0, 0.1) is 6.92 Å². The molecule has 1 amide bonds. The summed E-state index contributed by atoms with van der Waals surface area (Å²) < 4.78 is 32.1. The maximum Gasteiger partial charge on any atom is 0.425 e. The molecule has 136 valence electrons. The normalized spacial score (nSPS) is 17.4. The highest BCUT2D eigenvalue weighted by Crippen LogP contribution is 2.29. The monoisotopic (exact) mass is 372 g/mol. The maximum absolute atomic E-state index is 12.9. The number of hydrazine groups is 1. The predicted molar refractivity (Wildman–Crippen MR) is 97.5 cm³/mol. The van der Waals surface area contributed by atoms with E-state index in [-0.39, 0.29) is 18.0 Å². The molecular formula is C19H20N2O4S. The lowest BCUT2D eigenvalue weighted by molar-refractivity contribution is -0.0564. The second-order valence-electron chi connectivity index (χ2n) is 6.02. The zero-order chi connectivity index (χ0) is 18.7. The van der Waals surface area contributed by atoms with Gasteiger partial charge in [0, 0.05) is 0 Å². The SMILES string of the molecule is C=C[C@@H]1CN(C(=O)OCc2ccccc2)N1S(=O)(=O)c1ccc(C)cc1. The summed E-state index contributed by atoms with van der Waals surface area (Å²) in [4.78, 5) is 12.5. The number of amides is 1. The Morgan fingerprint density at radius 3 is 2.46 bits per heavy atom. The average molecular weight is 372 g/mol. The highest BCUT2D eigenvalue weighted by molar-refractivity contribution is 7.89. The molecule has 1 saturated heterocycles. The number of carbonyl (C=O) groups is 1. The average Bonchev–Trinajstić information content (AvgIpc) is 2.60. The Hall–Kier alpha value is -2.64. The highest BCUT2D eigenvalue weighted by Gasteiger charge is 2.47. The summed E-state index contributed by atoms with van der Waals surface area (Å²) in [5, 5.41) is 1.09. The Labute approximate surface area is 153 Å². The van der Waals surface area contributed by atoms with Gasteiger partial charge in [0.05, 0.1) is 17.5 Å². The van der Waals surface area contributed by atoms with Gasteiger partial charge in [0.1, 0.15) is 6.61 Å². The van der Waals surface area contributed by atoms with Crippen LogP contribution in [0.2, 0.25) is 0 Å². The van der Waals surface area contributed by atoms with Gasteiger partial charge in [0.25, 0.3) is 10.0 Å². The lowest BCUT2D eigenvalue weighted by Gasteiger charge is -2.46. The first-order valence-electron chi connectivity index (χ1n) is 8.15. The van der Waals surface area contributed by atoms with Gasteiger partial charge in [0.2, 0.25) is 0 Å². The molecule has 1 aliphatic heterocycles. The van der Waals surface area contributed by atoms with Crippen molar-refractivity contribution in [1.29, 1.82) is 0 Å². The molecule has 2 aromatic carbocycles. The van der Waals surface area contributed by atoms with E-state index in [0.29, 0.717) is 0 Å².